The molecule has 0 N–H and O–H groups in total. The van der Waals surface area contributed by atoms with Crippen LogP contribution in [0.4, 0.5) is 0 Å². The maximum absolute atomic E-state index is 13.7. The Hall–Kier alpha value is -2.96. The van der Waals surface area contributed by atoms with Gasteiger partial charge in [-0.2, -0.15) is 0 Å². The molecule has 0 aliphatic carbocycles. The number of aromatic nitrogens is 3. The van der Waals surface area contributed by atoms with Crippen molar-refractivity contribution >= 4 is 43.5 Å². The molecule has 0 spiro atoms. The van der Waals surface area contributed by atoms with Crippen LogP contribution in [-0.4, -0.2) is 14.5 Å². The SMILES string of the molecule is Cc1cccc(CSc2nc3c(sc4ncccc43)c(=O)n2Cc2ccc(C(C)C)cc2)c1. The van der Waals surface area contributed by atoms with Crippen LogP contribution in [0.2, 0.25) is 0 Å². The second kappa shape index (κ2) is 9.12. The summed E-state index contributed by atoms with van der Waals surface area (Å²) in [5, 5.41) is 1.69. The Morgan fingerprint density at radius 3 is 2.61 bits per heavy atom. The van der Waals surface area contributed by atoms with Gasteiger partial charge in [0.05, 0.1) is 12.1 Å². The van der Waals surface area contributed by atoms with Crippen molar-refractivity contribution in [3.05, 3.63) is 99.5 Å². The summed E-state index contributed by atoms with van der Waals surface area (Å²) in [5.74, 6) is 1.23. The number of thiophene rings is 1. The van der Waals surface area contributed by atoms with Gasteiger partial charge in [-0.3, -0.25) is 9.36 Å². The molecule has 166 valence electrons. The van der Waals surface area contributed by atoms with E-state index in [0.29, 0.717) is 17.2 Å². The van der Waals surface area contributed by atoms with E-state index in [4.69, 9.17) is 4.98 Å². The fraction of sp³-hybridized carbons (Fsp3) is 0.222. The Morgan fingerprint density at radius 2 is 1.85 bits per heavy atom. The van der Waals surface area contributed by atoms with Gasteiger partial charge in [0.1, 0.15) is 9.53 Å². The monoisotopic (exact) mass is 471 g/mol. The van der Waals surface area contributed by atoms with Crippen LogP contribution in [0.15, 0.2) is 76.8 Å². The first kappa shape index (κ1) is 21.9. The summed E-state index contributed by atoms with van der Waals surface area (Å²) >= 11 is 3.04. The second-order valence-corrected chi connectivity index (χ2v) is 10.5. The summed E-state index contributed by atoms with van der Waals surface area (Å²) in [6, 6.07) is 20.9. The van der Waals surface area contributed by atoms with Crippen LogP contribution in [0.25, 0.3) is 20.4 Å². The molecular weight excluding hydrogens is 446 g/mol. The number of fused-ring (bicyclic) bond motifs is 3. The van der Waals surface area contributed by atoms with Gasteiger partial charge in [0.25, 0.3) is 5.56 Å². The highest BCUT2D eigenvalue weighted by molar-refractivity contribution is 7.98. The number of nitrogens with zero attached hydrogens (tertiary/aromatic N) is 3. The van der Waals surface area contributed by atoms with Crippen LogP contribution in [-0.2, 0) is 12.3 Å². The average molecular weight is 472 g/mol. The first-order chi connectivity index (χ1) is 16.0. The van der Waals surface area contributed by atoms with E-state index < -0.39 is 0 Å². The molecule has 6 heteroatoms. The molecule has 3 heterocycles. The fourth-order valence-electron chi connectivity index (χ4n) is 3.93. The molecule has 0 saturated heterocycles. The molecule has 33 heavy (non-hydrogen) atoms. The lowest BCUT2D eigenvalue weighted by molar-refractivity contribution is 0.659. The molecule has 3 aromatic heterocycles. The van der Waals surface area contributed by atoms with Gasteiger partial charge in [-0.1, -0.05) is 79.7 Å². The lowest BCUT2D eigenvalue weighted by Crippen LogP contribution is -2.23. The highest BCUT2D eigenvalue weighted by Gasteiger charge is 2.17. The molecule has 0 atom stereocenters. The zero-order valence-corrected chi connectivity index (χ0v) is 20.5. The zero-order valence-electron chi connectivity index (χ0n) is 18.9. The highest BCUT2D eigenvalue weighted by Crippen LogP contribution is 2.31. The summed E-state index contributed by atoms with van der Waals surface area (Å²) < 4.78 is 2.49. The topological polar surface area (TPSA) is 47.8 Å². The van der Waals surface area contributed by atoms with E-state index in [1.54, 1.807) is 18.0 Å². The predicted molar refractivity (Wildman–Crippen MR) is 140 cm³/mol. The molecule has 0 bridgehead atoms. The van der Waals surface area contributed by atoms with Crippen molar-refractivity contribution in [2.45, 2.75) is 44.1 Å². The third-order valence-corrected chi connectivity index (χ3v) is 7.89. The molecular formula is C27H25N3OS2. The Labute approximate surface area is 201 Å². The Balaban J connectivity index is 1.59. The molecule has 5 rings (SSSR count). The van der Waals surface area contributed by atoms with Gasteiger partial charge < -0.3 is 0 Å². The standard InChI is InChI=1S/C27H25N3OS2/c1-17(2)21-11-9-19(10-12-21)15-30-26(31)24-23(22-8-5-13-28-25(22)33-24)29-27(30)32-16-20-7-4-6-18(3)14-20/h4-14,17H,15-16H2,1-3H3. The smallest absolute Gasteiger partial charge is 0.272 e. The van der Waals surface area contributed by atoms with E-state index in [0.717, 1.165) is 32.2 Å². The molecule has 0 fully saturated rings. The van der Waals surface area contributed by atoms with Crippen LogP contribution < -0.4 is 5.56 Å². The molecule has 0 aliphatic heterocycles. The van der Waals surface area contributed by atoms with Crippen molar-refractivity contribution in [2.75, 3.05) is 0 Å². The summed E-state index contributed by atoms with van der Waals surface area (Å²) in [6.45, 7) is 6.97. The van der Waals surface area contributed by atoms with Gasteiger partial charge in [0.2, 0.25) is 0 Å². The minimum atomic E-state index is 0.00248. The van der Waals surface area contributed by atoms with Crippen molar-refractivity contribution in [2.24, 2.45) is 0 Å². The van der Waals surface area contributed by atoms with Crippen LogP contribution in [0.3, 0.4) is 0 Å². The van der Waals surface area contributed by atoms with Gasteiger partial charge in [-0.15, -0.1) is 11.3 Å². The molecule has 0 saturated carbocycles. The van der Waals surface area contributed by atoms with Crippen molar-refractivity contribution in [1.29, 1.82) is 0 Å². The van der Waals surface area contributed by atoms with Crippen molar-refractivity contribution in [3.63, 3.8) is 0 Å². The van der Waals surface area contributed by atoms with Crippen molar-refractivity contribution in [3.8, 4) is 0 Å². The van der Waals surface area contributed by atoms with Gasteiger partial charge in [-0.05, 0) is 41.7 Å². The predicted octanol–water partition coefficient (Wildman–Crippen LogP) is 6.78. The van der Waals surface area contributed by atoms with E-state index in [-0.39, 0.29) is 5.56 Å². The molecule has 0 unspecified atom stereocenters. The van der Waals surface area contributed by atoms with Crippen molar-refractivity contribution < 1.29 is 0 Å². The van der Waals surface area contributed by atoms with Gasteiger partial charge in [0.15, 0.2) is 5.16 Å². The summed E-state index contributed by atoms with van der Waals surface area (Å²) in [4.78, 5) is 24.0. The van der Waals surface area contributed by atoms with E-state index in [1.807, 2.05) is 16.7 Å². The lowest BCUT2D eigenvalue weighted by atomic mass is 10.0. The lowest BCUT2D eigenvalue weighted by Gasteiger charge is -2.13. The van der Waals surface area contributed by atoms with E-state index in [9.17, 15) is 4.79 Å². The normalized spacial score (nSPS) is 11.6. The van der Waals surface area contributed by atoms with Gasteiger partial charge in [0, 0.05) is 17.3 Å². The number of thioether (sulfide) groups is 1. The minimum Gasteiger partial charge on any atom is -0.282 e. The minimum absolute atomic E-state index is 0.00248. The number of hydrogen-bond acceptors (Lipinski definition) is 5. The molecule has 2 aromatic carbocycles. The number of pyridine rings is 1. The van der Waals surface area contributed by atoms with Crippen LogP contribution in [0.5, 0.6) is 0 Å². The molecule has 0 aliphatic rings. The summed E-state index contributed by atoms with van der Waals surface area (Å²) in [5.41, 5.74) is 5.60. The van der Waals surface area contributed by atoms with Crippen LogP contribution in [0.1, 0.15) is 42.0 Å². The molecule has 0 radical (unpaired) electrons. The van der Waals surface area contributed by atoms with E-state index in [1.165, 1.54) is 28.0 Å². The first-order valence-corrected chi connectivity index (χ1v) is 12.8. The Bertz CT molecular complexity index is 1500. The van der Waals surface area contributed by atoms with Gasteiger partial charge in [-0.25, -0.2) is 9.97 Å². The van der Waals surface area contributed by atoms with Crippen LogP contribution in [0, 0.1) is 6.92 Å². The van der Waals surface area contributed by atoms with Crippen LogP contribution >= 0.6 is 23.1 Å². The van der Waals surface area contributed by atoms with Crippen molar-refractivity contribution in [1.82, 2.24) is 14.5 Å². The third-order valence-electron chi connectivity index (χ3n) is 5.76. The van der Waals surface area contributed by atoms with E-state index >= 15 is 0 Å². The Morgan fingerprint density at radius 1 is 1.03 bits per heavy atom. The summed E-state index contributed by atoms with van der Waals surface area (Å²) in [6.07, 6.45) is 1.76. The summed E-state index contributed by atoms with van der Waals surface area (Å²) in [7, 11) is 0. The number of hydrogen-bond donors (Lipinski definition) is 0. The number of aryl methyl sites for hydroxylation is 1. The molecule has 5 aromatic rings. The number of rotatable bonds is 6. The highest BCUT2D eigenvalue weighted by atomic mass is 32.2. The average Bonchev–Trinajstić information content (AvgIpc) is 3.19. The number of benzene rings is 2. The quantitative estimate of drug-likeness (QED) is 0.202. The largest absolute Gasteiger partial charge is 0.282 e. The zero-order chi connectivity index (χ0) is 22.9. The van der Waals surface area contributed by atoms with Gasteiger partial charge >= 0.3 is 0 Å². The molecule has 0 amide bonds. The second-order valence-electron chi connectivity index (χ2n) is 8.60. The fourth-order valence-corrected chi connectivity index (χ4v) is 5.90. The molecule has 4 nitrogen and oxygen atoms in total. The maximum Gasteiger partial charge on any atom is 0.272 e. The third kappa shape index (κ3) is 4.45. The Kier molecular flexibility index (Phi) is 6.04. The first-order valence-electron chi connectivity index (χ1n) is 11.0. The van der Waals surface area contributed by atoms with E-state index in [2.05, 4.69) is 74.3 Å². The maximum atomic E-state index is 13.7.